The Bertz CT molecular complexity index is 999. The van der Waals surface area contributed by atoms with Gasteiger partial charge in [-0.25, -0.2) is 0 Å². The first-order valence-electron chi connectivity index (χ1n) is 21.5. The molecule has 2 atom stereocenters. The summed E-state index contributed by atoms with van der Waals surface area (Å²) in [5.41, 5.74) is 0. The van der Waals surface area contributed by atoms with Crippen molar-refractivity contribution in [1.82, 2.24) is 5.32 Å². The standard InChI is InChI=1S/C48H81NO3/c1-3-5-7-9-11-13-15-17-18-19-20-21-22-23-24-25-26-27-28-29-30-32-34-36-38-40-42-44-48(52)49-46(45-50)47(51)43-41-39-37-35-33-31-16-14-12-10-8-6-4-2/h5,7,11,13,17-18,20-21,23-24,26-27,29-30,41,43,46-47,50-51H,3-4,6,8-10,12,14-16,19,22,25,28,31-40,42,44-45H2,1-2H3,(H,49,52)/b7-5-,13-11-,18-17-,21-20-,24-23-,27-26-,30-29-,43-41+. The van der Waals surface area contributed by atoms with E-state index in [1.807, 2.05) is 6.08 Å². The summed E-state index contributed by atoms with van der Waals surface area (Å²) in [6, 6.07) is -0.638. The van der Waals surface area contributed by atoms with Crippen molar-refractivity contribution in [3.05, 3.63) is 97.2 Å². The van der Waals surface area contributed by atoms with Crippen molar-refractivity contribution >= 4 is 5.91 Å². The highest BCUT2D eigenvalue weighted by Crippen LogP contribution is 2.13. The molecule has 296 valence electrons. The van der Waals surface area contributed by atoms with Crippen molar-refractivity contribution in [2.45, 2.75) is 193 Å². The molecule has 3 N–H and O–H groups in total. The number of rotatable bonds is 37. The van der Waals surface area contributed by atoms with Gasteiger partial charge in [-0.15, -0.1) is 0 Å². The highest BCUT2D eigenvalue weighted by atomic mass is 16.3. The minimum absolute atomic E-state index is 0.0887. The van der Waals surface area contributed by atoms with E-state index in [2.05, 4.69) is 104 Å². The summed E-state index contributed by atoms with van der Waals surface area (Å²) in [6.45, 7) is 4.16. The maximum absolute atomic E-state index is 12.4. The molecule has 0 spiro atoms. The fourth-order valence-electron chi connectivity index (χ4n) is 5.80. The molecule has 1 amide bonds. The Morgan fingerprint density at radius 3 is 1.27 bits per heavy atom. The van der Waals surface area contributed by atoms with Gasteiger partial charge < -0.3 is 15.5 Å². The first-order chi connectivity index (χ1) is 25.7. The van der Waals surface area contributed by atoms with Crippen molar-refractivity contribution in [1.29, 1.82) is 0 Å². The maximum atomic E-state index is 12.4. The van der Waals surface area contributed by atoms with E-state index in [9.17, 15) is 15.0 Å². The van der Waals surface area contributed by atoms with Crippen LogP contribution >= 0.6 is 0 Å². The van der Waals surface area contributed by atoms with Crippen LogP contribution in [0.2, 0.25) is 0 Å². The minimum Gasteiger partial charge on any atom is -0.394 e. The number of allylic oxidation sites excluding steroid dienone is 15. The average molecular weight is 720 g/mol. The van der Waals surface area contributed by atoms with E-state index in [0.717, 1.165) is 83.5 Å². The van der Waals surface area contributed by atoms with Gasteiger partial charge in [-0.3, -0.25) is 4.79 Å². The van der Waals surface area contributed by atoms with E-state index < -0.39 is 12.1 Å². The molecule has 4 heteroatoms. The summed E-state index contributed by atoms with van der Waals surface area (Å²) in [6.07, 6.45) is 63.6. The van der Waals surface area contributed by atoms with E-state index in [-0.39, 0.29) is 12.5 Å². The number of unbranched alkanes of at least 4 members (excludes halogenated alkanes) is 16. The summed E-state index contributed by atoms with van der Waals surface area (Å²) in [5, 5.41) is 22.9. The van der Waals surface area contributed by atoms with Gasteiger partial charge >= 0.3 is 0 Å². The van der Waals surface area contributed by atoms with Gasteiger partial charge in [-0.05, 0) is 77.0 Å². The van der Waals surface area contributed by atoms with E-state index in [1.165, 1.54) is 77.0 Å². The number of aliphatic hydroxyl groups excluding tert-OH is 2. The lowest BCUT2D eigenvalue weighted by molar-refractivity contribution is -0.123. The molecule has 0 aromatic carbocycles. The van der Waals surface area contributed by atoms with Crippen molar-refractivity contribution in [2.75, 3.05) is 6.61 Å². The molecule has 0 aliphatic carbocycles. The SMILES string of the molecule is CC/C=C\C/C=C\C/C=C\C/C=C\C/C=C\C/C=C\C/C=C\CCCCCCCC(=O)NC(CO)C(O)/C=C/CCCCCCCCCCCCC. The molecule has 0 aromatic rings. The topological polar surface area (TPSA) is 69.6 Å². The fourth-order valence-corrected chi connectivity index (χ4v) is 5.80. The quantitative estimate of drug-likeness (QED) is 0.0442. The second-order valence-electron chi connectivity index (χ2n) is 14.0. The molecular weight excluding hydrogens is 639 g/mol. The maximum Gasteiger partial charge on any atom is 0.220 e. The lowest BCUT2D eigenvalue weighted by Gasteiger charge is -2.20. The number of hydrogen-bond donors (Lipinski definition) is 3. The lowest BCUT2D eigenvalue weighted by Crippen LogP contribution is -2.45. The van der Waals surface area contributed by atoms with E-state index >= 15 is 0 Å². The van der Waals surface area contributed by atoms with Crippen LogP contribution in [0.5, 0.6) is 0 Å². The Balaban J connectivity index is 3.70. The van der Waals surface area contributed by atoms with Crippen LogP contribution in [0, 0.1) is 0 Å². The molecule has 0 saturated carbocycles. The smallest absolute Gasteiger partial charge is 0.220 e. The van der Waals surface area contributed by atoms with Crippen molar-refractivity contribution in [3.63, 3.8) is 0 Å². The zero-order chi connectivity index (χ0) is 37.8. The number of hydrogen-bond acceptors (Lipinski definition) is 3. The fraction of sp³-hybridized carbons (Fsp3) is 0.646. The number of carbonyl (C=O) groups excluding carboxylic acids is 1. The molecule has 0 fully saturated rings. The summed E-state index contributed by atoms with van der Waals surface area (Å²) in [7, 11) is 0. The largest absolute Gasteiger partial charge is 0.394 e. The molecule has 4 nitrogen and oxygen atoms in total. The third-order valence-corrected chi connectivity index (χ3v) is 9.07. The lowest BCUT2D eigenvalue weighted by atomic mass is 10.0. The van der Waals surface area contributed by atoms with Crippen LogP contribution in [0.4, 0.5) is 0 Å². The number of amides is 1. The van der Waals surface area contributed by atoms with Gasteiger partial charge in [0.2, 0.25) is 5.91 Å². The zero-order valence-electron chi connectivity index (χ0n) is 33.8. The molecule has 0 aliphatic rings. The second kappa shape index (κ2) is 42.7. The van der Waals surface area contributed by atoms with Gasteiger partial charge in [0, 0.05) is 6.42 Å². The third-order valence-electron chi connectivity index (χ3n) is 9.07. The van der Waals surface area contributed by atoms with Crippen molar-refractivity contribution in [2.24, 2.45) is 0 Å². The first-order valence-corrected chi connectivity index (χ1v) is 21.5. The molecule has 0 bridgehead atoms. The van der Waals surface area contributed by atoms with E-state index in [0.29, 0.717) is 6.42 Å². The van der Waals surface area contributed by atoms with E-state index in [1.54, 1.807) is 6.08 Å². The Morgan fingerprint density at radius 1 is 0.481 bits per heavy atom. The summed E-state index contributed by atoms with van der Waals surface area (Å²) >= 11 is 0. The van der Waals surface area contributed by atoms with Crippen LogP contribution in [0.25, 0.3) is 0 Å². The molecule has 0 radical (unpaired) electrons. The highest BCUT2D eigenvalue weighted by Gasteiger charge is 2.17. The predicted octanol–water partition coefficient (Wildman–Crippen LogP) is 13.5. The molecule has 0 heterocycles. The molecule has 0 aliphatic heterocycles. The first kappa shape index (κ1) is 49.3. The second-order valence-corrected chi connectivity index (χ2v) is 14.0. The molecule has 0 saturated heterocycles. The third kappa shape index (κ3) is 38.5. The number of nitrogens with one attached hydrogen (secondary N) is 1. The van der Waals surface area contributed by atoms with Crippen LogP contribution in [0.15, 0.2) is 97.2 Å². The van der Waals surface area contributed by atoms with Crippen LogP contribution in [-0.2, 0) is 4.79 Å². The van der Waals surface area contributed by atoms with Gasteiger partial charge in [0.15, 0.2) is 0 Å². The Morgan fingerprint density at radius 2 is 0.846 bits per heavy atom. The van der Waals surface area contributed by atoms with Crippen molar-refractivity contribution < 1.29 is 15.0 Å². The van der Waals surface area contributed by atoms with Gasteiger partial charge in [0.1, 0.15) is 0 Å². The molecular formula is C48H81NO3. The van der Waals surface area contributed by atoms with Gasteiger partial charge in [-0.1, -0.05) is 195 Å². The van der Waals surface area contributed by atoms with Gasteiger partial charge in [0.05, 0.1) is 18.8 Å². The summed E-state index contributed by atoms with van der Waals surface area (Å²) < 4.78 is 0. The normalized spacial score (nSPS) is 14.0. The van der Waals surface area contributed by atoms with Gasteiger partial charge in [0.25, 0.3) is 0 Å². The number of aliphatic hydroxyl groups is 2. The molecule has 0 rings (SSSR count). The Labute approximate surface area is 322 Å². The van der Waals surface area contributed by atoms with E-state index in [4.69, 9.17) is 0 Å². The van der Waals surface area contributed by atoms with Crippen LogP contribution in [-0.4, -0.2) is 34.9 Å². The summed E-state index contributed by atoms with van der Waals surface area (Å²) in [4.78, 5) is 12.4. The molecule has 0 aromatic heterocycles. The number of carbonyl (C=O) groups is 1. The monoisotopic (exact) mass is 720 g/mol. The molecule has 2 unspecified atom stereocenters. The van der Waals surface area contributed by atoms with Gasteiger partial charge in [-0.2, -0.15) is 0 Å². The zero-order valence-corrected chi connectivity index (χ0v) is 33.8. The highest BCUT2D eigenvalue weighted by molar-refractivity contribution is 5.76. The van der Waals surface area contributed by atoms with Crippen LogP contribution in [0.3, 0.4) is 0 Å². The Hall–Kier alpha value is -2.69. The molecule has 52 heavy (non-hydrogen) atoms. The average Bonchev–Trinajstić information content (AvgIpc) is 3.15. The Kier molecular flexibility index (Phi) is 40.5. The van der Waals surface area contributed by atoms with Crippen LogP contribution < -0.4 is 5.32 Å². The van der Waals surface area contributed by atoms with Crippen LogP contribution in [0.1, 0.15) is 181 Å². The summed E-state index contributed by atoms with van der Waals surface area (Å²) in [5.74, 6) is -0.0887. The minimum atomic E-state index is -0.853. The predicted molar refractivity (Wildman–Crippen MR) is 230 cm³/mol. The van der Waals surface area contributed by atoms with Crippen molar-refractivity contribution in [3.8, 4) is 0 Å².